The highest BCUT2D eigenvalue weighted by Gasteiger charge is 2.43. The lowest BCUT2D eigenvalue weighted by atomic mass is 10.0. The maximum Gasteiger partial charge on any atom is 0.291 e. The van der Waals surface area contributed by atoms with E-state index < -0.39 is 6.04 Å². The van der Waals surface area contributed by atoms with Crippen molar-refractivity contribution in [1.82, 2.24) is 14.9 Å². The maximum absolute atomic E-state index is 13.3. The van der Waals surface area contributed by atoms with E-state index in [4.69, 9.17) is 4.42 Å². The van der Waals surface area contributed by atoms with Crippen molar-refractivity contribution in [3.8, 4) is 0 Å². The first-order chi connectivity index (χ1) is 13.7. The average Bonchev–Trinajstić information content (AvgIpc) is 3.02. The number of carbonyl (C=O) groups excluding carboxylic acids is 1. The summed E-state index contributed by atoms with van der Waals surface area (Å²) in [4.78, 5) is 36.7. The minimum Gasteiger partial charge on any atom is -0.450 e. The molecule has 1 amide bonds. The zero-order valence-electron chi connectivity index (χ0n) is 14.8. The predicted octanol–water partition coefficient (Wildman–Crippen LogP) is 3.33. The lowest BCUT2D eigenvalue weighted by Crippen LogP contribution is -2.29. The molecule has 5 rings (SSSR count). The highest BCUT2D eigenvalue weighted by molar-refractivity contribution is 5.98. The SMILES string of the molecule is O=C1c2oc3ccccc3c(=O)c2C(c2ccccn2)N1Cc1cccnc1. The van der Waals surface area contributed by atoms with Gasteiger partial charge in [-0.25, -0.2) is 0 Å². The van der Waals surface area contributed by atoms with E-state index >= 15 is 0 Å². The fourth-order valence-electron chi connectivity index (χ4n) is 3.66. The van der Waals surface area contributed by atoms with Gasteiger partial charge < -0.3 is 9.32 Å². The second kappa shape index (κ2) is 6.42. The van der Waals surface area contributed by atoms with E-state index in [-0.39, 0.29) is 17.1 Å². The molecule has 0 saturated carbocycles. The van der Waals surface area contributed by atoms with Gasteiger partial charge in [0.1, 0.15) is 11.6 Å². The van der Waals surface area contributed by atoms with Crippen molar-refractivity contribution in [2.75, 3.05) is 0 Å². The van der Waals surface area contributed by atoms with Gasteiger partial charge in [-0.2, -0.15) is 0 Å². The molecule has 0 fully saturated rings. The third kappa shape index (κ3) is 2.50. The molecule has 0 bridgehead atoms. The van der Waals surface area contributed by atoms with Crippen LogP contribution in [0.2, 0.25) is 0 Å². The second-order valence-corrected chi connectivity index (χ2v) is 6.62. The van der Waals surface area contributed by atoms with E-state index in [2.05, 4.69) is 9.97 Å². The topological polar surface area (TPSA) is 76.3 Å². The lowest BCUT2D eigenvalue weighted by Gasteiger charge is -2.24. The molecule has 0 N–H and O–H groups in total. The molecule has 1 unspecified atom stereocenters. The van der Waals surface area contributed by atoms with Crippen molar-refractivity contribution >= 4 is 16.9 Å². The van der Waals surface area contributed by atoms with Gasteiger partial charge in [-0.1, -0.05) is 24.3 Å². The number of amides is 1. The van der Waals surface area contributed by atoms with E-state index in [1.165, 1.54) is 0 Å². The Morgan fingerprint density at radius 3 is 2.61 bits per heavy atom. The fraction of sp³-hybridized carbons (Fsp3) is 0.0909. The van der Waals surface area contributed by atoms with Crippen LogP contribution in [0.3, 0.4) is 0 Å². The number of aromatic nitrogens is 2. The van der Waals surface area contributed by atoms with E-state index in [0.29, 0.717) is 28.8 Å². The van der Waals surface area contributed by atoms with Gasteiger partial charge >= 0.3 is 0 Å². The van der Waals surface area contributed by atoms with Gasteiger partial charge in [0.05, 0.1) is 16.6 Å². The number of nitrogens with zero attached hydrogens (tertiary/aromatic N) is 3. The summed E-state index contributed by atoms with van der Waals surface area (Å²) in [5.41, 5.74) is 2.03. The minimum absolute atomic E-state index is 0.0863. The van der Waals surface area contributed by atoms with Crippen LogP contribution in [0.1, 0.15) is 33.4 Å². The Balaban J connectivity index is 1.74. The number of fused-ring (bicyclic) bond motifs is 2. The lowest BCUT2D eigenvalue weighted by molar-refractivity contribution is 0.0711. The number of para-hydroxylation sites is 1. The molecule has 28 heavy (non-hydrogen) atoms. The molecule has 1 aliphatic heterocycles. The first-order valence-corrected chi connectivity index (χ1v) is 8.90. The third-order valence-electron chi connectivity index (χ3n) is 4.92. The van der Waals surface area contributed by atoms with Crippen LogP contribution in [0.15, 0.2) is 82.4 Å². The summed E-state index contributed by atoms with van der Waals surface area (Å²) in [6, 6.07) is 15.5. The predicted molar refractivity (Wildman–Crippen MR) is 103 cm³/mol. The first kappa shape index (κ1) is 16.4. The van der Waals surface area contributed by atoms with Gasteiger partial charge in [-0.05, 0) is 35.9 Å². The van der Waals surface area contributed by atoms with Crippen LogP contribution >= 0.6 is 0 Å². The first-order valence-electron chi connectivity index (χ1n) is 8.90. The summed E-state index contributed by atoms with van der Waals surface area (Å²) >= 11 is 0. The molecular formula is C22H15N3O3. The van der Waals surface area contributed by atoms with Crippen LogP contribution in [0.5, 0.6) is 0 Å². The maximum atomic E-state index is 13.3. The molecule has 6 heteroatoms. The third-order valence-corrected chi connectivity index (χ3v) is 4.92. The van der Waals surface area contributed by atoms with E-state index in [9.17, 15) is 9.59 Å². The van der Waals surface area contributed by atoms with Gasteiger partial charge in [0.15, 0.2) is 5.43 Å². The molecule has 6 nitrogen and oxygen atoms in total. The molecule has 136 valence electrons. The number of pyridine rings is 2. The van der Waals surface area contributed by atoms with Crippen LogP contribution in [-0.2, 0) is 6.54 Å². The Hall–Kier alpha value is -3.80. The number of rotatable bonds is 3. The standard InChI is InChI=1S/C22H15N3O3/c26-20-15-7-1-2-9-17(15)28-21-18(20)19(16-8-3-4-11-24-16)25(22(21)27)13-14-6-5-10-23-12-14/h1-12,19H,13H2. The molecular weight excluding hydrogens is 354 g/mol. The Morgan fingerprint density at radius 2 is 1.82 bits per heavy atom. The minimum atomic E-state index is -0.607. The summed E-state index contributed by atoms with van der Waals surface area (Å²) in [6.45, 7) is 0.300. The van der Waals surface area contributed by atoms with Gasteiger partial charge in [0.25, 0.3) is 5.91 Å². The average molecular weight is 369 g/mol. The normalized spacial score (nSPS) is 15.8. The molecule has 0 radical (unpaired) electrons. The van der Waals surface area contributed by atoms with Crippen molar-refractivity contribution in [3.05, 3.63) is 106 Å². The number of carbonyl (C=O) groups is 1. The van der Waals surface area contributed by atoms with Gasteiger partial charge in [0, 0.05) is 25.1 Å². The molecule has 4 heterocycles. The number of benzene rings is 1. The van der Waals surface area contributed by atoms with Gasteiger partial charge in [0.2, 0.25) is 5.76 Å². The zero-order chi connectivity index (χ0) is 19.1. The Bertz CT molecular complexity index is 1240. The molecule has 0 aliphatic carbocycles. The number of hydrogen-bond donors (Lipinski definition) is 0. The highest BCUT2D eigenvalue weighted by Crippen LogP contribution is 2.38. The van der Waals surface area contributed by atoms with Gasteiger partial charge in [-0.3, -0.25) is 19.6 Å². The quantitative estimate of drug-likeness (QED) is 0.554. The van der Waals surface area contributed by atoms with Crippen LogP contribution in [0.4, 0.5) is 0 Å². The second-order valence-electron chi connectivity index (χ2n) is 6.62. The molecule has 1 atom stereocenters. The molecule has 1 aromatic carbocycles. The molecule has 3 aromatic heterocycles. The van der Waals surface area contributed by atoms with Crippen LogP contribution in [0.25, 0.3) is 11.0 Å². The molecule has 1 aliphatic rings. The van der Waals surface area contributed by atoms with Crippen LogP contribution < -0.4 is 5.43 Å². The monoisotopic (exact) mass is 369 g/mol. The summed E-state index contributed by atoms with van der Waals surface area (Å²) in [7, 11) is 0. The summed E-state index contributed by atoms with van der Waals surface area (Å²) < 4.78 is 5.88. The number of hydrogen-bond acceptors (Lipinski definition) is 5. The van der Waals surface area contributed by atoms with E-state index in [1.54, 1.807) is 53.8 Å². The van der Waals surface area contributed by atoms with Crippen molar-refractivity contribution in [3.63, 3.8) is 0 Å². The smallest absolute Gasteiger partial charge is 0.291 e. The Morgan fingerprint density at radius 1 is 0.964 bits per heavy atom. The molecule has 0 saturated heterocycles. The van der Waals surface area contributed by atoms with Crippen LogP contribution in [0, 0.1) is 0 Å². The van der Waals surface area contributed by atoms with E-state index in [0.717, 1.165) is 5.56 Å². The largest absolute Gasteiger partial charge is 0.450 e. The molecule has 0 spiro atoms. The Labute approximate surface area is 160 Å². The van der Waals surface area contributed by atoms with Crippen molar-refractivity contribution in [2.45, 2.75) is 12.6 Å². The molecule has 4 aromatic rings. The fourth-order valence-corrected chi connectivity index (χ4v) is 3.66. The summed E-state index contributed by atoms with van der Waals surface area (Å²) in [6.07, 6.45) is 5.04. The Kier molecular flexibility index (Phi) is 3.76. The van der Waals surface area contributed by atoms with E-state index in [1.807, 2.05) is 24.3 Å². The van der Waals surface area contributed by atoms with Crippen molar-refractivity contribution < 1.29 is 9.21 Å². The van der Waals surface area contributed by atoms with Crippen molar-refractivity contribution in [2.24, 2.45) is 0 Å². The summed E-state index contributed by atoms with van der Waals surface area (Å²) in [5, 5.41) is 0.457. The summed E-state index contributed by atoms with van der Waals surface area (Å²) in [5.74, 6) is -0.236. The van der Waals surface area contributed by atoms with Crippen molar-refractivity contribution in [1.29, 1.82) is 0 Å². The zero-order valence-corrected chi connectivity index (χ0v) is 14.8. The highest BCUT2D eigenvalue weighted by atomic mass is 16.3. The van der Waals surface area contributed by atoms with Crippen LogP contribution in [-0.4, -0.2) is 20.8 Å². The van der Waals surface area contributed by atoms with Gasteiger partial charge in [-0.15, -0.1) is 0 Å².